The quantitative estimate of drug-likeness (QED) is 0.384. The van der Waals surface area contributed by atoms with Gasteiger partial charge in [0.1, 0.15) is 41.0 Å². The number of rotatable bonds is 8. The number of halogens is 1. The van der Waals surface area contributed by atoms with Gasteiger partial charge in [0.2, 0.25) is 0 Å². The van der Waals surface area contributed by atoms with Gasteiger partial charge in [-0.1, -0.05) is 0 Å². The zero-order chi connectivity index (χ0) is 22.9. The highest BCUT2D eigenvalue weighted by Gasteiger charge is 2.24. The SMILES string of the molecule is CS(=O)(=O)CNc1cc2oc(-c3ccc(F)cc3)c(C(=O)O)c2cc1OCc1cscn1. The lowest BCUT2D eigenvalue weighted by atomic mass is 10.0. The average Bonchev–Trinajstić information content (AvgIpc) is 3.37. The number of hydrogen-bond acceptors (Lipinski definition) is 8. The standard InChI is InChI=1S/C21H17FN2O6S2/c1-32(27,28)11-24-16-7-17-15(6-18(16)29-8-14-9-31-10-23-14)19(21(25)26)20(30-17)12-2-4-13(22)5-3-12/h2-7,9-10,24H,8,11H2,1H3,(H,25,26). The predicted molar refractivity (Wildman–Crippen MR) is 118 cm³/mol. The fourth-order valence-electron chi connectivity index (χ4n) is 3.07. The van der Waals surface area contributed by atoms with Gasteiger partial charge in [0, 0.05) is 28.7 Å². The van der Waals surface area contributed by atoms with E-state index in [4.69, 9.17) is 9.15 Å². The normalized spacial score (nSPS) is 11.6. The van der Waals surface area contributed by atoms with Gasteiger partial charge in [-0.05, 0) is 30.3 Å². The first kappa shape index (κ1) is 21.8. The van der Waals surface area contributed by atoms with E-state index in [1.54, 1.807) is 10.9 Å². The largest absolute Gasteiger partial charge is 0.485 e. The van der Waals surface area contributed by atoms with Crippen LogP contribution in [0.1, 0.15) is 16.1 Å². The van der Waals surface area contributed by atoms with Crippen molar-refractivity contribution in [2.75, 3.05) is 17.4 Å². The van der Waals surface area contributed by atoms with E-state index in [0.29, 0.717) is 16.9 Å². The molecule has 4 aromatic rings. The number of ether oxygens (including phenoxy) is 1. The maximum Gasteiger partial charge on any atom is 0.340 e. The van der Waals surface area contributed by atoms with Gasteiger partial charge in [0.05, 0.1) is 16.9 Å². The van der Waals surface area contributed by atoms with Crippen molar-refractivity contribution in [2.24, 2.45) is 0 Å². The molecule has 0 aliphatic carbocycles. The van der Waals surface area contributed by atoms with E-state index in [1.807, 2.05) is 0 Å². The summed E-state index contributed by atoms with van der Waals surface area (Å²) in [6.07, 6.45) is 1.08. The lowest BCUT2D eigenvalue weighted by molar-refractivity contribution is 0.0699. The second kappa shape index (κ2) is 8.60. The number of nitrogens with one attached hydrogen (secondary N) is 1. The molecule has 2 heterocycles. The lowest BCUT2D eigenvalue weighted by Crippen LogP contribution is -2.13. The number of carboxylic acids is 1. The summed E-state index contributed by atoms with van der Waals surface area (Å²) >= 11 is 1.40. The number of carbonyl (C=O) groups is 1. The summed E-state index contributed by atoms with van der Waals surface area (Å²) in [4.78, 5) is 16.2. The highest BCUT2D eigenvalue weighted by molar-refractivity contribution is 7.90. The van der Waals surface area contributed by atoms with Crippen LogP contribution in [0.4, 0.5) is 10.1 Å². The molecule has 0 spiro atoms. The highest BCUT2D eigenvalue weighted by Crippen LogP contribution is 2.39. The van der Waals surface area contributed by atoms with E-state index in [0.717, 1.165) is 6.26 Å². The number of nitrogens with zero attached hydrogens (tertiary/aromatic N) is 1. The van der Waals surface area contributed by atoms with Gasteiger partial charge >= 0.3 is 5.97 Å². The molecule has 0 radical (unpaired) electrons. The van der Waals surface area contributed by atoms with Crippen molar-refractivity contribution in [2.45, 2.75) is 6.61 Å². The molecule has 166 valence electrons. The summed E-state index contributed by atoms with van der Waals surface area (Å²) in [5.41, 5.74) is 3.11. The van der Waals surface area contributed by atoms with Crippen molar-refractivity contribution in [3.05, 3.63) is 64.4 Å². The Hall–Kier alpha value is -3.44. The van der Waals surface area contributed by atoms with Crippen molar-refractivity contribution in [3.8, 4) is 17.1 Å². The van der Waals surface area contributed by atoms with E-state index in [2.05, 4.69) is 10.3 Å². The third-order valence-corrected chi connectivity index (χ3v) is 5.80. The van der Waals surface area contributed by atoms with Crippen LogP contribution in [-0.2, 0) is 16.4 Å². The van der Waals surface area contributed by atoms with E-state index >= 15 is 0 Å². The van der Waals surface area contributed by atoms with E-state index in [9.17, 15) is 22.7 Å². The maximum atomic E-state index is 13.3. The Morgan fingerprint density at radius 2 is 2.03 bits per heavy atom. The second-order valence-corrected chi connectivity index (χ2v) is 9.84. The van der Waals surface area contributed by atoms with E-state index < -0.39 is 21.6 Å². The minimum Gasteiger partial charge on any atom is -0.485 e. The van der Waals surface area contributed by atoms with Gasteiger partial charge in [0.15, 0.2) is 9.84 Å². The number of aromatic carboxylic acids is 1. The molecule has 0 unspecified atom stereocenters. The van der Waals surface area contributed by atoms with Gasteiger partial charge < -0.3 is 19.6 Å². The molecule has 2 aromatic heterocycles. The van der Waals surface area contributed by atoms with Crippen molar-refractivity contribution < 1.29 is 31.9 Å². The lowest BCUT2D eigenvalue weighted by Gasteiger charge is -2.12. The number of aromatic nitrogens is 1. The molecule has 0 aliphatic heterocycles. The number of benzene rings is 2. The Bertz CT molecular complexity index is 1380. The average molecular weight is 477 g/mol. The van der Waals surface area contributed by atoms with Crippen LogP contribution >= 0.6 is 11.3 Å². The van der Waals surface area contributed by atoms with Crippen LogP contribution in [0.3, 0.4) is 0 Å². The monoisotopic (exact) mass is 476 g/mol. The molecule has 8 nitrogen and oxygen atoms in total. The number of anilines is 1. The summed E-state index contributed by atoms with van der Waals surface area (Å²) in [7, 11) is -3.35. The number of sulfone groups is 1. The highest BCUT2D eigenvalue weighted by atomic mass is 32.2. The molecule has 0 saturated carbocycles. The first-order valence-corrected chi connectivity index (χ1v) is 12.2. The third kappa shape index (κ3) is 4.73. The molecular formula is C21H17FN2O6S2. The van der Waals surface area contributed by atoms with Crippen molar-refractivity contribution in [3.63, 3.8) is 0 Å². The topological polar surface area (TPSA) is 119 Å². The molecule has 0 amide bonds. The van der Waals surface area contributed by atoms with Gasteiger partial charge in [0.25, 0.3) is 0 Å². The van der Waals surface area contributed by atoms with Crippen LogP contribution < -0.4 is 10.1 Å². The van der Waals surface area contributed by atoms with Crippen molar-refractivity contribution in [1.82, 2.24) is 4.98 Å². The van der Waals surface area contributed by atoms with Crippen LogP contribution in [0.5, 0.6) is 5.75 Å². The van der Waals surface area contributed by atoms with E-state index in [1.165, 1.54) is 47.7 Å². The Kier molecular flexibility index (Phi) is 5.85. The molecule has 4 rings (SSSR count). The molecule has 0 fully saturated rings. The van der Waals surface area contributed by atoms with Gasteiger partial charge in [-0.3, -0.25) is 0 Å². The van der Waals surface area contributed by atoms with Crippen LogP contribution in [0.15, 0.2) is 51.7 Å². The molecular weight excluding hydrogens is 459 g/mol. The minimum atomic E-state index is -3.35. The van der Waals surface area contributed by atoms with Crippen LogP contribution in [0.25, 0.3) is 22.3 Å². The number of fused-ring (bicyclic) bond motifs is 1. The van der Waals surface area contributed by atoms with Crippen molar-refractivity contribution in [1.29, 1.82) is 0 Å². The fraction of sp³-hybridized carbons (Fsp3) is 0.143. The van der Waals surface area contributed by atoms with Crippen LogP contribution in [0.2, 0.25) is 0 Å². The summed E-state index contributed by atoms with van der Waals surface area (Å²) in [6, 6.07) is 8.21. The Labute approximate surface area is 186 Å². The summed E-state index contributed by atoms with van der Waals surface area (Å²) < 4.78 is 48.2. The van der Waals surface area contributed by atoms with Crippen molar-refractivity contribution >= 4 is 43.8 Å². The second-order valence-electron chi connectivity index (χ2n) is 6.98. The Balaban J connectivity index is 1.83. The number of thiazole rings is 1. The zero-order valence-electron chi connectivity index (χ0n) is 16.7. The molecule has 0 bridgehead atoms. The molecule has 0 aliphatic rings. The smallest absolute Gasteiger partial charge is 0.340 e. The first-order chi connectivity index (χ1) is 15.2. The molecule has 2 N–H and O–H groups in total. The van der Waals surface area contributed by atoms with Crippen LogP contribution in [0, 0.1) is 5.82 Å². The number of hydrogen-bond donors (Lipinski definition) is 2. The number of furan rings is 1. The van der Waals surface area contributed by atoms with Gasteiger partial charge in [-0.15, -0.1) is 11.3 Å². The Morgan fingerprint density at radius 3 is 2.66 bits per heavy atom. The van der Waals surface area contributed by atoms with Gasteiger partial charge in [-0.2, -0.15) is 0 Å². The summed E-state index contributed by atoms with van der Waals surface area (Å²) in [6.45, 7) is 0.105. The maximum absolute atomic E-state index is 13.3. The molecule has 2 aromatic carbocycles. The molecule has 0 saturated heterocycles. The summed E-state index contributed by atoms with van der Waals surface area (Å²) in [5.74, 6) is -1.76. The molecule has 11 heteroatoms. The minimum absolute atomic E-state index is 0.0539. The third-order valence-electron chi connectivity index (χ3n) is 4.49. The molecule has 32 heavy (non-hydrogen) atoms. The first-order valence-electron chi connectivity index (χ1n) is 9.22. The van der Waals surface area contributed by atoms with Gasteiger partial charge in [-0.25, -0.2) is 22.6 Å². The molecule has 0 atom stereocenters. The Morgan fingerprint density at radius 1 is 1.28 bits per heavy atom. The van der Waals surface area contributed by atoms with E-state index in [-0.39, 0.29) is 40.5 Å². The fourth-order valence-corrected chi connectivity index (χ4v) is 4.03. The predicted octanol–water partition coefficient (Wildman–Crippen LogP) is 4.39. The zero-order valence-corrected chi connectivity index (χ0v) is 18.3. The van der Waals surface area contributed by atoms with Crippen LogP contribution in [-0.4, -0.2) is 36.6 Å². The number of carboxylic acid groups (broad SMARTS) is 1. The summed E-state index contributed by atoms with van der Waals surface area (Å²) in [5, 5.41) is 14.7.